The van der Waals surface area contributed by atoms with Crippen molar-refractivity contribution < 1.29 is 0 Å². The summed E-state index contributed by atoms with van der Waals surface area (Å²) in [5, 5.41) is 3.22. The first-order valence-corrected chi connectivity index (χ1v) is 8.13. The first-order valence-electron chi connectivity index (χ1n) is 8.13. The van der Waals surface area contributed by atoms with Crippen molar-refractivity contribution in [3.05, 3.63) is 6.07 Å². The van der Waals surface area contributed by atoms with Crippen LogP contribution in [-0.4, -0.2) is 53.6 Å². The summed E-state index contributed by atoms with van der Waals surface area (Å²) in [4.78, 5) is 13.6. The maximum atomic E-state index is 5.84. The highest BCUT2D eigenvalue weighted by molar-refractivity contribution is 5.53. The Balaban J connectivity index is 1.67. The van der Waals surface area contributed by atoms with Crippen LogP contribution in [0.25, 0.3) is 0 Å². The molecule has 0 spiro atoms. The molecule has 1 aromatic heterocycles. The Bertz CT molecular complexity index is 471. The van der Waals surface area contributed by atoms with Crippen LogP contribution in [0, 0.1) is 0 Å². The van der Waals surface area contributed by atoms with E-state index in [4.69, 9.17) is 5.73 Å². The molecule has 21 heavy (non-hydrogen) atoms. The van der Waals surface area contributed by atoms with Gasteiger partial charge in [0.1, 0.15) is 11.6 Å². The van der Waals surface area contributed by atoms with Crippen LogP contribution in [0.2, 0.25) is 0 Å². The molecule has 0 aromatic carbocycles. The predicted molar refractivity (Wildman–Crippen MR) is 86.7 cm³/mol. The molecule has 0 amide bonds. The monoisotopic (exact) mass is 290 g/mol. The smallest absolute Gasteiger partial charge is 0.223 e. The molecule has 3 N–H and O–H groups in total. The molecule has 1 aromatic rings. The fraction of sp³-hybridized carbons (Fsp3) is 0.733. The van der Waals surface area contributed by atoms with Gasteiger partial charge in [-0.05, 0) is 39.3 Å². The molecular formula is C15H26N6. The number of nitrogens with zero attached hydrogens (tertiary/aromatic N) is 4. The van der Waals surface area contributed by atoms with Gasteiger partial charge in [0.25, 0.3) is 0 Å². The number of rotatable bonds is 4. The minimum Gasteiger partial charge on any atom is -0.370 e. The topological polar surface area (TPSA) is 70.3 Å². The molecule has 1 atom stereocenters. The minimum atomic E-state index is 0.352. The van der Waals surface area contributed by atoms with Crippen LogP contribution in [0.3, 0.4) is 0 Å². The van der Waals surface area contributed by atoms with Gasteiger partial charge in [0.15, 0.2) is 0 Å². The van der Waals surface area contributed by atoms with Crippen LogP contribution >= 0.6 is 0 Å². The lowest BCUT2D eigenvalue weighted by atomic mass is 10.1. The number of anilines is 3. The summed E-state index contributed by atoms with van der Waals surface area (Å²) >= 11 is 0. The lowest BCUT2D eigenvalue weighted by Gasteiger charge is -2.32. The molecular weight excluding hydrogens is 264 g/mol. The molecule has 6 nitrogen and oxygen atoms in total. The van der Waals surface area contributed by atoms with Gasteiger partial charge in [-0.15, -0.1) is 0 Å². The van der Waals surface area contributed by atoms with Crippen molar-refractivity contribution in [2.24, 2.45) is 0 Å². The molecule has 2 fully saturated rings. The highest BCUT2D eigenvalue weighted by Gasteiger charge is 2.29. The van der Waals surface area contributed by atoms with E-state index in [0.29, 0.717) is 12.0 Å². The number of nitrogens with one attached hydrogen (secondary N) is 1. The molecule has 2 aliphatic rings. The van der Waals surface area contributed by atoms with Crippen LogP contribution in [0.1, 0.15) is 32.6 Å². The Hall–Kier alpha value is -1.56. The number of likely N-dealkylation sites (tertiary alicyclic amines) is 1. The van der Waals surface area contributed by atoms with Crippen LogP contribution in [0.5, 0.6) is 0 Å². The van der Waals surface area contributed by atoms with Gasteiger partial charge in [0, 0.05) is 31.7 Å². The summed E-state index contributed by atoms with van der Waals surface area (Å²) in [6.07, 6.45) is 5.31. The average Bonchev–Trinajstić information content (AvgIpc) is 2.98. The summed E-state index contributed by atoms with van der Waals surface area (Å²) in [6.45, 7) is 7.53. The number of aromatic nitrogens is 2. The van der Waals surface area contributed by atoms with Crippen LogP contribution in [0.4, 0.5) is 17.6 Å². The standard InChI is InChI=1S/C15H26N6/c1-2-17-13-10-14(19-15(16)18-13)21-9-6-12(11-21)20-7-4-3-5-8-20/h10,12H,2-9,11H2,1H3,(H3,16,17,18,19). The van der Waals surface area contributed by atoms with Gasteiger partial charge < -0.3 is 16.0 Å². The predicted octanol–water partition coefficient (Wildman–Crippen LogP) is 1.56. The zero-order valence-corrected chi connectivity index (χ0v) is 12.9. The normalized spacial score (nSPS) is 23.5. The fourth-order valence-corrected chi connectivity index (χ4v) is 3.42. The largest absolute Gasteiger partial charge is 0.370 e. The molecule has 3 rings (SSSR count). The van der Waals surface area contributed by atoms with Crippen LogP contribution in [0.15, 0.2) is 6.07 Å². The maximum Gasteiger partial charge on any atom is 0.223 e. The number of nitrogens with two attached hydrogens (primary N) is 1. The van der Waals surface area contributed by atoms with E-state index in [1.807, 2.05) is 6.07 Å². The van der Waals surface area contributed by atoms with Gasteiger partial charge in [-0.1, -0.05) is 6.42 Å². The third-order valence-electron chi connectivity index (χ3n) is 4.48. The Morgan fingerprint density at radius 1 is 1.24 bits per heavy atom. The van der Waals surface area contributed by atoms with Crippen LogP contribution < -0.4 is 16.0 Å². The first-order chi connectivity index (χ1) is 10.3. The molecule has 3 heterocycles. The van der Waals surface area contributed by atoms with Gasteiger partial charge >= 0.3 is 0 Å². The average molecular weight is 290 g/mol. The molecule has 0 saturated carbocycles. The molecule has 1 unspecified atom stereocenters. The number of piperidine rings is 1. The van der Waals surface area contributed by atoms with E-state index < -0.39 is 0 Å². The van der Waals surface area contributed by atoms with Crippen molar-refractivity contribution in [1.29, 1.82) is 0 Å². The molecule has 2 aliphatic heterocycles. The first kappa shape index (κ1) is 14.4. The molecule has 0 aliphatic carbocycles. The second kappa shape index (κ2) is 6.47. The van der Waals surface area contributed by atoms with Crippen molar-refractivity contribution in [1.82, 2.24) is 14.9 Å². The third-order valence-corrected chi connectivity index (χ3v) is 4.48. The summed E-state index contributed by atoms with van der Waals surface area (Å²) in [5.41, 5.74) is 5.84. The molecule has 2 saturated heterocycles. The lowest BCUT2D eigenvalue weighted by molar-refractivity contribution is 0.175. The van der Waals surface area contributed by atoms with Gasteiger partial charge in [-0.3, -0.25) is 4.90 Å². The van der Waals surface area contributed by atoms with Gasteiger partial charge in [-0.25, -0.2) is 0 Å². The zero-order chi connectivity index (χ0) is 14.7. The van der Waals surface area contributed by atoms with E-state index in [1.54, 1.807) is 0 Å². The Labute approximate surface area is 126 Å². The van der Waals surface area contributed by atoms with Crippen molar-refractivity contribution in [2.45, 2.75) is 38.6 Å². The van der Waals surface area contributed by atoms with Gasteiger partial charge in [0.05, 0.1) is 0 Å². The van der Waals surface area contributed by atoms with Crippen molar-refractivity contribution >= 4 is 17.6 Å². The molecule has 0 radical (unpaired) electrons. The van der Waals surface area contributed by atoms with Crippen molar-refractivity contribution in [3.8, 4) is 0 Å². The minimum absolute atomic E-state index is 0.352. The van der Waals surface area contributed by atoms with E-state index in [-0.39, 0.29) is 0 Å². The van der Waals surface area contributed by atoms with E-state index >= 15 is 0 Å². The quantitative estimate of drug-likeness (QED) is 0.877. The summed E-state index contributed by atoms with van der Waals surface area (Å²) < 4.78 is 0. The van der Waals surface area contributed by atoms with Crippen molar-refractivity contribution in [3.63, 3.8) is 0 Å². The number of hydrogen-bond acceptors (Lipinski definition) is 6. The molecule has 0 bridgehead atoms. The third kappa shape index (κ3) is 3.37. The number of hydrogen-bond donors (Lipinski definition) is 2. The highest BCUT2D eigenvalue weighted by Crippen LogP contribution is 2.25. The SMILES string of the molecule is CCNc1cc(N2CCC(N3CCCCC3)C2)nc(N)n1. The Kier molecular flexibility index (Phi) is 4.43. The lowest BCUT2D eigenvalue weighted by Crippen LogP contribution is -2.41. The van der Waals surface area contributed by atoms with Gasteiger partial charge in [0.2, 0.25) is 5.95 Å². The summed E-state index contributed by atoms with van der Waals surface area (Å²) in [5.74, 6) is 2.13. The highest BCUT2D eigenvalue weighted by atomic mass is 15.3. The second-order valence-corrected chi connectivity index (χ2v) is 5.99. The maximum absolute atomic E-state index is 5.84. The Morgan fingerprint density at radius 2 is 2.05 bits per heavy atom. The zero-order valence-electron chi connectivity index (χ0n) is 12.9. The van der Waals surface area contributed by atoms with E-state index in [2.05, 4.69) is 32.0 Å². The molecule has 6 heteroatoms. The van der Waals surface area contributed by atoms with Crippen molar-refractivity contribution in [2.75, 3.05) is 48.7 Å². The second-order valence-electron chi connectivity index (χ2n) is 5.99. The molecule has 116 valence electrons. The van der Waals surface area contributed by atoms with E-state index in [1.165, 1.54) is 38.8 Å². The van der Waals surface area contributed by atoms with E-state index in [0.717, 1.165) is 31.3 Å². The van der Waals surface area contributed by atoms with Gasteiger partial charge in [-0.2, -0.15) is 9.97 Å². The summed E-state index contributed by atoms with van der Waals surface area (Å²) in [6, 6.07) is 2.68. The Morgan fingerprint density at radius 3 is 2.81 bits per heavy atom. The summed E-state index contributed by atoms with van der Waals surface area (Å²) in [7, 11) is 0. The van der Waals surface area contributed by atoms with Crippen LogP contribution in [-0.2, 0) is 0 Å². The van der Waals surface area contributed by atoms with E-state index in [9.17, 15) is 0 Å². The fourth-order valence-electron chi connectivity index (χ4n) is 3.42. The number of nitrogen functional groups attached to an aromatic ring is 1.